The van der Waals surface area contributed by atoms with Crippen LogP contribution in [0.5, 0.6) is 0 Å². The Hall–Kier alpha value is -2.30. The van der Waals surface area contributed by atoms with E-state index in [1.165, 1.54) is 5.56 Å². The molecule has 22 heavy (non-hydrogen) atoms. The van der Waals surface area contributed by atoms with Gasteiger partial charge in [0.1, 0.15) is 0 Å². The zero-order valence-corrected chi connectivity index (χ0v) is 13.3. The van der Waals surface area contributed by atoms with Crippen molar-refractivity contribution in [2.45, 2.75) is 33.4 Å². The monoisotopic (exact) mass is 300 g/mol. The Morgan fingerprint density at radius 1 is 1.36 bits per heavy atom. The van der Waals surface area contributed by atoms with E-state index in [9.17, 15) is 4.79 Å². The predicted octanol–water partition coefficient (Wildman–Crippen LogP) is 2.81. The van der Waals surface area contributed by atoms with E-state index in [1.807, 2.05) is 34.8 Å². The summed E-state index contributed by atoms with van der Waals surface area (Å²) in [5.74, 6) is 0. The number of rotatable bonds is 7. The van der Waals surface area contributed by atoms with Gasteiger partial charge in [0.2, 0.25) is 0 Å². The van der Waals surface area contributed by atoms with Crippen LogP contribution < -0.4 is 5.32 Å². The molecule has 1 N–H and O–H groups in total. The Balaban J connectivity index is 1.76. The largest absolute Gasteiger partial charge is 0.338 e. The summed E-state index contributed by atoms with van der Waals surface area (Å²) in [4.78, 5) is 14.0. The van der Waals surface area contributed by atoms with E-state index in [0.29, 0.717) is 19.6 Å². The first kappa shape index (κ1) is 16.1. The minimum atomic E-state index is -0.00975. The minimum Gasteiger partial charge on any atom is -0.338 e. The first-order valence-corrected chi connectivity index (χ1v) is 7.75. The lowest BCUT2D eigenvalue weighted by Gasteiger charge is -2.21. The maximum Gasteiger partial charge on any atom is 0.317 e. The van der Waals surface area contributed by atoms with Gasteiger partial charge in [0, 0.05) is 38.6 Å². The molecule has 0 bridgehead atoms. The molecule has 0 aliphatic heterocycles. The van der Waals surface area contributed by atoms with Crippen LogP contribution in [0.15, 0.2) is 42.7 Å². The van der Waals surface area contributed by atoms with Gasteiger partial charge in [-0.15, -0.1) is 0 Å². The Morgan fingerprint density at radius 3 is 2.91 bits per heavy atom. The van der Waals surface area contributed by atoms with Gasteiger partial charge < -0.3 is 10.2 Å². The second kappa shape index (κ2) is 8.22. The quantitative estimate of drug-likeness (QED) is 0.799. The Morgan fingerprint density at radius 2 is 2.23 bits per heavy atom. The van der Waals surface area contributed by atoms with Crippen LogP contribution in [0.2, 0.25) is 0 Å². The summed E-state index contributed by atoms with van der Waals surface area (Å²) in [6.07, 6.45) is 4.56. The van der Waals surface area contributed by atoms with Crippen LogP contribution in [0.25, 0.3) is 0 Å². The molecule has 5 heteroatoms. The van der Waals surface area contributed by atoms with Gasteiger partial charge in [-0.3, -0.25) is 4.68 Å². The third-order valence-corrected chi connectivity index (χ3v) is 3.52. The Labute approximate surface area is 131 Å². The molecule has 118 valence electrons. The maximum atomic E-state index is 12.2. The highest BCUT2D eigenvalue weighted by Crippen LogP contribution is 2.07. The zero-order chi connectivity index (χ0) is 15.8. The smallest absolute Gasteiger partial charge is 0.317 e. The Bertz CT molecular complexity index is 580. The molecule has 1 heterocycles. The van der Waals surface area contributed by atoms with Crippen molar-refractivity contribution >= 4 is 6.03 Å². The normalized spacial score (nSPS) is 10.5. The number of urea groups is 1. The van der Waals surface area contributed by atoms with E-state index in [4.69, 9.17) is 0 Å². The van der Waals surface area contributed by atoms with Gasteiger partial charge in [0.25, 0.3) is 0 Å². The third-order valence-electron chi connectivity index (χ3n) is 3.52. The summed E-state index contributed by atoms with van der Waals surface area (Å²) >= 11 is 0. The van der Waals surface area contributed by atoms with Crippen LogP contribution in [0.4, 0.5) is 4.79 Å². The van der Waals surface area contributed by atoms with Gasteiger partial charge in [0.15, 0.2) is 0 Å². The number of aryl methyl sites for hydroxylation is 2. The van der Waals surface area contributed by atoms with Crippen molar-refractivity contribution < 1.29 is 4.79 Å². The lowest BCUT2D eigenvalue weighted by Crippen LogP contribution is -2.40. The fraction of sp³-hybridized carbons (Fsp3) is 0.412. The molecule has 2 amide bonds. The SMILES string of the molecule is CCN(Cc1cccc(C)c1)C(=O)NCCCn1cccn1. The summed E-state index contributed by atoms with van der Waals surface area (Å²) in [5.41, 5.74) is 2.38. The number of hydrogen-bond acceptors (Lipinski definition) is 2. The van der Waals surface area contributed by atoms with E-state index >= 15 is 0 Å². The summed E-state index contributed by atoms with van der Waals surface area (Å²) in [6.45, 7) is 6.87. The number of aromatic nitrogens is 2. The number of amides is 2. The van der Waals surface area contributed by atoms with E-state index in [-0.39, 0.29) is 6.03 Å². The summed E-state index contributed by atoms with van der Waals surface area (Å²) in [6, 6.07) is 10.2. The molecule has 0 fully saturated rings. The first-order valence-electron chi connectivity index (χ1n) is 7.75. The molecule has 0 saturated heterocycles. The van der Waals surface area contributed by atoms with E-state index in [2.05, 4.69) is 35.5 Å². The van der Waals surface area contributed by atoms with Gasteiger partial charge in [0.05, 0.1) is 0 Å². The molecule has 2 rings (SSSR count). The topological polar surface area (TPSA) is 50.2 Å². The lowest BCUT2D eigenvalue weighted by molar-refractivity contribution is 0.198. The van der Waals surface area contributed by atoms with Crippen molar-refractivity contribution in [2.24, 2.45) is 0 Å². The molecule has 0 saturated carbocycles. The van der Waals surface area contributed by atoms with Crippen LogP contribution in [0.1, 0.15) is 24.5 Å². The van der Waals surface area contributed by atoms with E-state index < -0.39 is 0 Å². The van der Waals surface area contributed by atoms with Crippen LogP contribution >= 0.6 is 0 Å². The minimum absolute atomic E-state index is 0.00975. The summed E-state index contributed by atoms with van der Waals surface area (Å²) in [7, 11) is 0. The van der Waals surface area contributed by atoms with Gasteiger partial charge in [-0.1, -0.05) is 29.8 Å². The Kier molecular flexibility index (Phi) is 6.01. The van der Waals surface area contributed by atoms with Crippen LogP contribution in [-0.2, 0) is 13.1 Å². The molecule has 0 aliphatic rings. The average Bonchev–Trinajstić information content (AvgIpc) is 3.02. The lowest BCUT2D eigenvalue weighted by atomic mass is 10.1. The van der Waals surface area contributed by atoms with Crippen molar-refractivity contribution in [3.8, 4) is 0 Å². The predicted molar refractivity (Wildman–Crippen MR) is 87.5 cm³/mol. The average molecular weight is 300 g/mol. The summed E-state index contributed by atoms with van der Waals surface area (Å²) in [5, 5.41) is 7.12. The van der Waals surface area contributed by atoms with Crippen molar-refractivity contribution in [1.29, 1.82) is 0 Å². The highest BCUT2D eigenvalue weighted by molar-refractivity contribution is 5.74. The molecule has 1 aromatic carbocycles. The van der Waals surface area contributed by atoms with E-state index in [1.54, 1.807) is 6.20 Å². The number of hydrogen-bond donors (Lipinski definition) is 1. The fourth-order valence-corrected chi connectivity index (χ4v) is 2.34. The third kappa shape index (κ3) is 4.91. The second-order valence-electron chi connectivity index (χ2n) is 5.36. The van der Waals surface area contributed by atoms with Gasteiger partial charge >= 0.3 is 6.03 Å². The number of carbonyl (C=O) groups is 1. The van der Waals surface area contributed by atoms with Crippen molar-refractivity contribution in [2.75, 3.05) is 13.1 Å². The van der Waals surface area contributed by atoms with Crippen molar-refractivity contribution in [3.05, 3.63) is 53.9 Å². The molecule has 2 aromatic rings. The number of nitrogens with zero attached hydrogens (tertiary/aromatic N) is 3. The van der Waals surface area contributed by atoms with E-state index in [0.717, 1.165) is 18.5 Å². The first-order chi connectivity index (χ1) is 10.7. The van der Waals surface area contributed by atoms with Gasteiger partial charge in [-0.25, -0.2) is 4.79 Å². The van der Waals surface area contributed by atoms with Crippen LogP contribution in [0, 0.1) is 6.92 Å². The highest BCUT2D eigenvalue weighted by Gasteiger charge is 2.11. The second-order valence-corrected chi connectivity index (χ2v) is 5.36. The van der Waals surface area contributed by atoms with Gasteiger partial charge in [-0.2, -0.15) is 5.10 Å². The number of carbonyl (C=O) groups excluding carboxylic acids is 1. The number of benzene rings is 1. The maximum absolute atomic E-state index is 12.2. The molecule has 0 aliphatic carbocycles. The molecule has 1 aromatic heterocycles. The standard InChI is InChI=1S/C17H24N4O/c1-3-20(14-16-8-4-7-15(2)13-16)17(22)18-9-5-11-21-12-6-10-19-21/h4,6-8,10,12-13H,3,5,9,11,14H2,1-2H3,(H,18,22). The molecular weight excluding hydrogens is 276 g/mol. The van der Waals surface area contributed by atoms with Crippen LogP contribution in [-0.4, -0.2) is 33.8 Å². The van der Waals surface area contributed by atoms with Gasteiger partial charge in [-0.05, 0) is 31.9 Å². The molecule has 0 radical (unpaired) electrons. The van der Waals surface area contributed by atoms with Crippen molar-refractivity contribution in [3.63, 3.8) is 0 Å². The zero-order valence-electron chi connectivity index (χ0n) is 13.3. The molecular formula is C17H24N4O. The highest BCUT2D eigenvalue weighted by atomic mass is 16.2. The molecule has 0 atom stereocenters. The molecule has 0 unspecified atom stereocenters. The van der Waals surface area contributed by atoms with Crippen LogP contribution in [0.3, 0.4) is 0 Å². The fourth-order valence-electron chi connectivity index (χ4n) is 2.34. The number of nitrogens with one attached hydrogen (secondary N) is 1. The molecule has 5 nitrogen and oxygen atoms in total. The van der Waals surface area contributed by atoms with Crippen molar-refractivity contribution in [1.82, 2.24) is 20.0 Å². The molecule has 0 spiro atoms. The summed E-state index contributed by atoms with van der Waals surface area (Å²) < 4.78 is 1.87.